The fraction of sp³-hybridized carbons (Fsp3) is 0.588. The van der Waals surface area contributed by atoms with Crippen molar-refractivity contribution in [3.8, 4) is 0 Å². The number of nitrogens with zero attached hydrogens (tertiary/aromatic N) is 1. The van der Waals surface area contributed by atoms with Crippen LogP contribution in [0.5, 0.6) is 0 Å². The highest BCUT2D eigenvalue weighted by Gasteiger charge is 2.33. The summed E-state index contributed by atoms with van der Waals surface area (Å²) < 4.78 is 18.8. The zero-order valence-corrected chi connectivity index (χ0v) is 12.8. The summed E-state index contributed by atoms with van der Waals surface area (Å²) in [7, 11) is 0. The Morgan fingerprint density at radius 2 is 2.05 bits per heavy atom. The third-order valence-corrected chi connectivity index (χ3v) is 4.77. The second-order valence-electron chi connectivity index (χ2n) is 6.20. The molecule has 0 aliphatic carbocycles. The first-order valence-electron chi connectivity index (χ1n) is 8.16. The van der Waals surface area contributed by atoms with Crippen molar-refractivity contribution in [2.24, 2.45) is 5.92 Å². The molecule has 0 radical (unpaired) electrons. The topological polar surface area (TPSA) is 41.6 Å². The van der Waals surface area contributed by atoms with E-state index in [0.29, 0.717) is 18.6 Å². The number of nitrogens with one attached hydrogen (secondary N) is 1. The van der Waals surface area contributed by atoms with Crippen LogP contribution < -0.4 is 5.32 Å². The molecule has 1 aromatic carbocycles. The molecule has 2 aliphatic rings. The standard InChI is InChI=1S/C17H23FN2O2/c18-14-7-1-2-8-15(14)19-17(21)22-12-13-6-5-11-20-10-4-3-9-16(13)20/h1-2,7-8,13,16H,3-6,9-12H2,(H,19,21)/t13-,16+/m1/s1. The molecule has 0 aromatic heterocycles. The SMILES string of the molecule is O=C(Nc1ccccc1F)OC[C@H]1CCCN2CCCC[C@@H]12. The molecule has 2 aliphatic heterocycles. The molecule has 2 fully saturated rings. The second kappa shape index (κ2) is 7.09. The van der Waals surface area contributed by atoms with Crippen LogP contribution >= 0.6 is 0 Å². The van der Waals surface area contributed by atoms with Crippen molar-refractivity contribution in [3.63, 3.8) is 0 Å². The average molecular weight is 306 g/mol. The lowest BCUT2D eigenvalue weighted by Gasteiger charge is -2.44. The maximum atomic E-state index is 13.5. The second-order valence-corrected chi connectivity index (χ2v) is 6.20. The Labute approximate surface area is 130 Å². The van der Waals surface area contributed by atoms with Crippen molar-refractivity contribution >= 4 is 11.8 Å². The zero-order chi connectivity index (χ0) is 15.4. The third-order valence-electron chi connectivity index (χ3n) is 4.77. The van der Waals surface area contributed by atoms with E-state index in [4.69, 9.17) is 4.74 Å². The van der Waals surface area contributed by atoms with E-state index in [0.717, 1.165) is 6.42 Å². The number of benzene rings is 1. The molecule has 0 spiro atoms. The highest BCUT2D eigenvalue weighted by molar-refractivity contribution is 5.84. The maximum Gasteiger partial charge on any atom is 0.411 e. The lowest BCUT2D eigenvalue weighted by atomic mass is 9.84. The quantitative estimate of drug-likeness (QED) is 0.927. The molecule has 4 nitrogen and oxygen atoms in total. The van der Waals surface area contributed by atoms with Crippen molar-refractivity contribution in [1.82, 2.24) is 4.90 Å². The molecule has 120 valence electrons. The normalized spacial score (nSPS) is 25.3. The van der Waals surface area contributed by atoms with Gasteiger partial charge in [-0.3, -0.25) is 10.2 Å². The van der Waals surface area contributed by atoms with Gasteiger partial charge in [0, 0.05) is 12.0 Å². The summed E-state index contributed by atoms with van der Waals surface area (Å²) in [5, 5.41) is 2.47. The van der Waals surface area contributed by atoms with Gasteiger partial charge in [0.15, 0.2) is 0 Å². The fourth-order valence-corrected chi connectivity index (χ4v) is 3.66. The molecule has 2 heterocycles. The number of rotatable bonds is 3. The lowest BCUT2D eigenvalue weighted by molar-refractivity contribution is 0.0261. The predicted octanol–water partition coefficient (Wildman–Crippen LogP) is 3.64. The first-order valence-corrected chi connectivity index (χ1v) is 8.16. The molecular formula is C17H23FN2O2. The number of para-hydroxylation sites is 1. The van der Waals surface area contributed by atoms with Crippen LogP contribution in [0.4, 0.5) is 14.9 Å². The summed E-state index contributed by atoms with van der Waals surface area (Å²) in [6.45, 7) is 2.76. The number of carbonyl (C=O) groups is 1. The first-order chi connectivity index (χ1) is 10.7. The van der Waals surface area contributed by atoms with E-state index in [1.165, 1.54) is 50.9 Å². The van der Waals surface area contributed by atoms with Gasteiger partial charge in [0.05, 0.1) is 12.3 Å². The van der Waals surface area contributed by atoms with Crippen LogP contribution in [0.25, 0.3) is 0 Å². The van der Waals surface area contributed by atoms with Gasteiger partial charge in [-0.1, -0.05) is 18.6 Å². The van der Waals surface area contributed by atoms with Crippen LogP contribution in [0, 0.1) is 11.7 Å². The third kappa shape index (κ3) is 3.58. The molecular weight excluding hydrogens is 283 g/mol. The number of carbonyl (C=O) groups excluding carboxylic acids is 1. The minimum atomic E-state index is -0.571. The molecule has 0 bridgehead atoms. The first kappa shape index (κ1) is 15.3. The Morgan fingerprint density at radius 3 is 2.91 bits per heavy atom. The van der Waals surface area contributed by atoms with Crippen molar-refractivity contribution in [1.29, 1.82) is 0 Å². The monoisotopic (exact) mass is 306 g/mol. The molecule has 2 atom stereocenters. The Morgan fingerprint density at radius 1 is 1.23 bits per heavy atom. The van der Waals surface area contributed by atoms with Gasteiger partial charge in [-0.15, -0.1) is 0 Å². The molecule has 1 aromatic rings. The van der Waals surface area contributed by atoms with Crippen LogP contribution in [0.2, 0.25) is 0 Å². The summed E-state index contributed by atoms with van der Waals surface area (Å²) in [6, 6.07) is 6.66. The highest BCUT2D eigenvalue weighted by atomic mass is 19.1. The summed E-state index contributed by atoms with van der Waals surface area (Å²) in [6.07, 6.45) is 5.44. The van der Waals surface area contributed by atoms with Crippen LogP contribution in [-0.4, -0.2) is 36.7 Å². The molecule has 1 N–H and O–H groups in total. The molecule has 1 amide bonds. The maximum absolute atomic E-state index is 13.5. The number of piperidine rings is 2. The van der Waals surface area contributed by atoms with Gasteiger partial charge in [-0.2, -0.15) is 0 Å². The average Bonchev–Trinajstić information content (AvgIpc) is 2.55. The van der Waals surface area contributed by atoms with E-state index in [1.54, 1.807) is 12.1 Å². The Hall–Kier alpha value is -1.62. The molecule has 0 saturated carbocycles. The van der Waals surface area contributed by atoms with Gasteiger partial charge in [0.2, 0.25) is 0 Å². The van der Waals surface area contributed by atoms with Crippen molar-refractivity contribution < 1.29 is 13.9 Å². The molecule has 22 heavy (non-hydrogen) atoms. The van der Waals surface area contributed by atoms with E-state index < -0.39 is 11.9 Å². The number of halogens is 1. The molecule has 0 unspecified atom stereocenters. The van der Waals surface area contributed by atoms with E-state index in [-0.39, 0.29) is 5.69 Å². The number of amides is 1. The van der Waals surface area contributed by atoms with Gasteiger partial charge in [0.25, 0.3) is 0 Å². The number of ether oxygens (including phenoxy) is 1. The van der Waals surface area contributed by atoms with Gasteiger partial charge in [-0.25, -0.2) is 9.18 Å². The van der Waals surface area contributed by atoms with Crippen LogP contribution in [-0.2, 0) is 4.74 Å². The summed E-state index contributed by atoms with van der Waals surface area (Å²) in [5.41, 5.74) is 0.162. The molecule has 3 rings (SSSR count). The van der Waals surface area contributed by atoms with Gasteiger partial charge < -0.3 is 4.74 Å². The minimum Gasteiger partial charge on any atom is -0.449 e. The van der Waals surface area contributed by atoms with Crippen molar-refractivity contribution in [2.75, 3.05) is 25.0 Å². The summed E-state index contributed by atoms with van der Waals surface area (Å²) in [5.74, 6) is -0.0454. The predicted molar refractivity (Wildman–Crippen MR) is 83.3 cm³/mol. The number of anilines is 1. The van der Waals surface area contributed by atoms with Gasteiger partial charge in [0.1, 0.15) is 5.82 Å². The van der Waals surface area contributed by atoms with Crippen LogP contribution in [0.3, 0.4) is 0 Å². The largest absolute Gasteiger partial charge is 0.449 e. The summed E-state index contributed by atoms with van der Waals surface area (Å²) in [4.78, 5) is 14.4. The smallest absolute Gasteiger partial charge is 0.411 e. The highest BCUT2D eigenvalue weighted by Crippen LogP contribution is 2.31. The van der Waals surface area contributed by atoms with E-state index >= 15 is 0 Å². The van der Waals surface area contributed by atoms with Crippen molar-refractivity contribution in [3.05, 3.63) is 30.1 Å². The Bertz CT molecular complexity index is 521. The van der Waals surface area contributed by atoms with Crippen molar-refractivity contribution in [2.45, 2.75) is 38.1 Å². The summed E-state index contributed by atoms with van der Waals surface area (Å²) >= 11 is 0. The molecule has 5 heteroatoms. The van der Waals surface area contributed by atoms with Crippen LogP contribution in [0.1, 0.15) is 32.1 Å². The van der Waals surface area contributed by atoms with Gasteiger partial charge in [-0.05, 0) is 50.9 Å². The number of fused-ring (bicyclic) bond motifs is 1. The van der Waals surface area contributed by atoms with E-state index in [2.05, 4.69) is 10.2 Å². The van der Waals surface area contributed by atoms with E-state index in [9.17, 15) is 9.18 Å². The Kier molecular flexibility index (Phi) is 4.93. The Balaban J connectivity index is 1.51. The van der Waals surface area contributed by atoms with Gasteiger partial charge >= 0.3 is 6.09 Å². The number of hydrogen-bond acceptors (Lipinski definition) is 3. The van der Waals surface area contributed by atoms with E-state index in [1.807, 2.05) is 0 Å². The fourth-order valence-electron chi connectivity index (χ4n) is 3.66. The lowest BCUT2D eigenvalue weighted by Crippen LogP contribution is -2.49. The number of hydrogen-bond donors (Lipinski definition) is 1. The minimum absolute atomic E-state index is 0.162. The zero-order valence-electron chi connectivity index (χ0n) is 12.8. The van der Waals surface area contributed by atoms with Crippen LogP contribution in [0.15, 0.2) is 24.3 Å². The molecule has 2 saturated heterocycles.